The van der Waals surface area contributed by atoms with Crippen molar-refractivity contribution >= 4 is 23.0 Å². The van der Waals surface area contributed by atoms with Crippen molar-refractivity contribution < 1.29 is 14.6 Å². The van der Waals surface area contributed by atoms with Crippen LogP contribution >= 0.6 is 0 Å². The Morgan fingerprint density at radius 1 is 1.13 bits per heavy atom. The van der Waals surface area contributed by atoms with Crippen LogP contribution in [-0.2, 0) is 0 Å². The molecule has 1 aromatic rings. The minimum absolute atomic E-state index is 0.180. The molecule has 124 valence electrons. The van der Waals surface area contributed by atoms with E-state index in [-0.39, 0.29) is 5.56 Å². The standard InChI is InChI=1S/C14H18N4O5/c1-3-5-6-11(4-2)15-16-14(19)10-7-12(17(20)21)9-13(8-10)18(22)23/h7-9H,3-6H2,1-2H3,(H,16,19). The van der Waals surface area contributed by atoms with Gasteiger partial charge in [-0.05, 0) is 19.3 Å². The Labute approximate surface area is 132 Å². The number of carbonyl (C=O) groups excluding carboxylic acids is 1. The maximum absolute atomic E-state index is 12.0. The zero-order valence-electron chi connectivity index (χ0n) is 12.9. The summed E-state index contributed by atoms with van der Waals surface area (Å²) in [7, 11) is 0. The van der Waals surface area contributed by atoms with Crippen LogP contribution in [0.2, 0.25) is 0 Å². The number of carbonyl (C=O) groups is 1. The van der Waals surface area contributed by atoms with E-state index in [4.69, 9.17) is 0 Å². The number of unbranched alkanes of at least 4 members (excludes halogenated alkanes) is 1. The number of nitrogens with zero attached hydrogens (tertiary/aromatic N) is 3. The largest absolute Gasteiger partial charge is 0.277 e. The number of hydrogen-bond acceptors (Lipinski definition) is 6. The highest BCUT2D eigenvalue weighted by Crippen LogP contribution is 2.22. The zero-order chi connectivity index (χ0) is 17.4. The number of nitro benzene ring substituents is 2. The zero-order valence-corrected chi connectivity index (χ0v) is 12.9. The molecule has 9 nitrogen and oxygen atoms in total. The molecule has 0 aliphatic heterocycles. The van der Waals surface area contributed by atoms with Gasteiger partial charge in [0, 0.05) is 17.8 Å². The predicted octanol–water partition coefficient (Wildman–Crippen LogP) is 3.19. The van der Waals surface area contributed by atoms with Gasteiger partial charge in [0.1, 0.15) is 0 Å². The summed E-state index contributed by atoms with van der Waals surface area (Å²) in [4.78, 5) is 32.1. The first-order valence-corrected chi connectivity index (χ1v) is 7.18. The van der Waals surface area contributed by atoms with Crippen LogP contribution in [0.3, 0.4) is 0 Å². The van der Waals surface area contributed by atoms with Crippen LogP contribution in [0.15, 0.2) is 23.3 Å². The summed E-state index contributed by atoms with van der Waals surface area (Å²) in [5, 5.41) is 25.6. The summed E-state index contributed by atoms with van der Waals surface area (Å²) in [6.07, 6.45) is 3.33. The van der Waals surface area contributed by atoms with Crippen LogP contribution in [0.1, 0.15) is 49.9 Å². The van der Waals surface area contributed by atoms with Gasteiger partial charge in [-0.3, -0.25) is 25.0 Å². The van der Waals surface area contributed by atoms with Gasteiger partial charge in [-0.2, -0.15) is 5.10 Å². The quantitative estimate of drug-likeness (QED) is 0.446. The van der Waals surface area contributed by atoms with Crippen LogP contribution < -0.4 is 5.43 Å². The van der Waals surface area contributed by atoms with Gasteiger partial charge in [-0.1, -0.05) is 20.3 Å². The van der Waals surface area contributed by atoms with Crippen molar-refractivity contribution in [1.82, 2.24) is 5.43 Å². The predicted molar refractivity (Wildman–Crippen MR) is 84.5 cm³/mol. The van der Waals surface area contributed by atoms with Crippen LogP contribution in [0.25, 0.3) is 0 Å². The van der Waals surface area contributed by atoms with Crippen LogP contribution in [0, 0.1) is 20.2 Å². The average molecular weight is 322 g/mol. The highest BCUT2D eigenvalue weighted by molar-refractivity contribution is 5.96. The Hall–Kier alpha value is -2.84. The van der Waals surface area contributed by atoms with Crippen molar-refractivity contribution in [1.29, 1.82) is 0 Å². The third-order valence-electron chi connectivity index (χ3n) is 3.13. The lowest BCUT2D eigenvalue weighted by molar-refractivity contribution is -0.394. The average Bonchev–Trinajstić information content (AvgIpc) is 2.54. The first-order chi connectivity index (χ1) is 10.9. The van der Waals surface area contributed by atoms with E-state index in [1.54, 1.807) is 0 Å². The normalized spacial score (nSPS) is 11.1. The molecule has 0 aliphatic carbocycles. The molecule has 1 rings (SSSR count). The lowest BCUT2D eigenvalue weighted by atomic mass is 10.1. The van der Waals surface area contributed by atoms with E-state index in [1.807, 2.05) is 13.8 Å². The van der Waals surface area contributed by atoms with Gasteiger partial charge < -0.3 is 0 Å². The molecular weight excluding hydrogens is 304 g/mol. The Balaban J connectivity index is 3.00. The Kier molecular flexibility index (Phi) is 6.78. The molecule has 0 unspecified atom stereocenters. The summed E-state index contributed by atoms with van der Waals surface area (Å²) >= 11 is 0. The molecule has 1 aromatic carbocycles. The van der Waals surface area contributed by atoms with Crippen molar-refractivity contribution in [2.24, 2.45) is 5.10 Å². The highest BCUT2D eigenvalue weighted by atomic mass is 16.6. The molecule has 0 saturated carbocycles. The van der Waals surface area contributed by atoms with Gasteiger partial charge in [0.25, 0.3) is 17.3 Å². The number of hydrazone groups is 1. The molecule has 1 amide bonds. The van der Waals surface area contributed by atoms with Crippen molar-refractivity contribution in [3.8, 4) is 0 Å². The molecule has 9 heteroatoms. The molecule has 0 heterocycles. The number of nitrogens with one attached hydrogen (secondary N) is 1. The monoisotopic (exact) mass is 322 g/mol. The van der Waals surface area contributed by atoms with Gasteiger partial charge in [-0.15, -0.1) is 0 Å². The van der Waals surface area contributed by atoms with Gasteiger partial charge in [0.15, 0.2) is 0 Å². The molecule has 0 radical (unpaired) electrons. The molecule has 0 aliphatic rings. The summed E-state index contributed by atoms with van der Waals surface area (Å²) in [5.74, 6) is -0.723. The van der Waals surface area contributed by atoms with E-state index in [1.165, 1.54) is 0 Å². The van der Waals surface area contributed by atoms with E-state index in [0.717, 1.165) is 43.2 Å². The van der Waals surface area contributed by atoms with Gasteiger partial charge in [0.2, 0.25) is 0 Å². The lowest BCUT2D eigenvalue weighted by Gasteiger charge is -2.04. The molecule has 0 aromatic heterocycles. The van der Waals surface area contributed by atoms with Crippen LogP contribution in [-0.4, -0.2) is 21.5 Å². The van der Waals surface area contributed by atoms with Crippen molar-refractivity contribution in [3.05, 3.63) is 44.0 Å². The fourth-order valence-corrected chi connectivity index (χ4v) is 1.82. The SMILES string of the molecule is CCCCC(CC)=NNC(=O)c1cc([N+](=O)[O-])cc([N+](=O)[O-])c1. The summed E-state index contributed by atoms with van der Waals surface area (Å²) in [6.45, 7) is 3.94. The lowest BCUT2D eigenvalue weighted by Crippen LogP contribution is -2.20. The molecule has 0 bridgehead atoms. The number of benzene rings is 1. The number of rotatable bonds is 8. The fraction of sp³-hybridized carbons (Fsp3) is 0.429. The molecule has 0 spiro atoms. The highest BCUT2D eigenvalue weighted by Gasteiger charge is 2.19. The van der Waals surface area contributed by atoms with E-state index < -0.39 is 27.1 Å². The van der Waals surface area contributed by atoms with Gasteiger partial charge in [-0.25, -0.2) is 5.43 Å². The maximum Gasteiger partial charge on any atom is 0.277 e. The summed E-state index contributed by atoms with van der Waals surface area (Å²) in [6, 6.07) is 2.77. The minimum Gasteiger partial charge on any atom is -0.267 e. The van der Waals surface area contributed by atoms with Crippen LogP contribution in [0.5, 0.6) is 0 Å². The third kappa shape index (κ3) is 5.46. The topological polar surface area (TPSA) is 128 Å². The van der Waals surface area contributed by atoms with Crippen molar-refractivity contribution in [3.63, 3.8) is 0 Å². The fourth-order valence-electron chi connectivity index (χ4n) is 1.82. The van der Waals surface area contributed by atoms with Crippen molar-refractivity contribution in [2.75, 3.05) is 0 Å². The third-order valence-corrected chi connectivity index (χ3v) is 3.13. The Morgan fingerprint density at radius 3 is 2.13 bits per heavy atom. The second-order valence-corrected chi connectivity index (χ2v) is 4.83. The van der Waals surface area contributed by atoms with E-state index in [9.17, 15) is 25.0 Å². The van der Waals surface area contributed by atoms with E-state index >= 15 is 0 Å². The molecule has 0 fully saturated rings. The molecule has 23 heavy (non-hydrogen) atoms. The second-order valence-electron chi connectivity index (χ2n) is 4.83. The molecule has 0 atom stereocenters. The second kappa shape index (κ2) is 8.57. The molecule has 0 saturated heterocycles. The van der Waals surface area contributed by atoms with E-state index in [2.05, 4.69) is 10.5 Å². The number of amides is 1. The first-order valence-electron chi connectivity index (χ1n) is 7.18. The molecular formula is C14H18N4O5. The van der Waals surface area contributed by atoms with Crippen LogP contribution in [0.4, 0.5) is 11.4 Å². The maximum atomic E-state index is 12.0. The van der Waals surface area contributed by atoms with E-state index in [0.29, 0.717) is 6.42 Å². The summed E-state index contributed by atoms with van der Waals surface area (Å²) < 4.78 is 0. The van der Waals surface area contributed by atoms with Gasteiger partial charge in [0.05, 0.1) is 21.5 Å². The van der Waals surface area contributed by atoms with Crippen molar-refractivity contribution in [2.45, 2.75) is 39.5 Å². The number of non-ortho nitro benzene ring substituents is 2. The molecule has 1 N–H and O–H groups in total. The first kappa shape index (κ1) is 18.2. The van der Waals surface area contributed by atoms with Gasteiger partial charge >= 0.3 is 0 Å². The smallest absolute Gasteiger partial charge is 0.267 e. The number of nitro groups is 2. The Bertz CT molecular complexity index is 610. The summed E-state index contributed by atoms with van der Waals surface area (Å²) in [5.41, 5.74) is 1.87. The number of hydrogen-bond donors (Lipinski definition) is 1. The minimum atomic E-state index is -0.786. The Morgan fingerprint density at radius 2 is 1.70 bits per heavy atom.